The Kier molecular flexibility index (Phi) is 2.74. The first-order valence-electron chi connectivity index (χ1n) is 5.31. The highest BCUT2D eigenvalue weighted by Crippen LogP contribution is 2.00. The molecule has 0 saturated heterocycles. The standard InChI is InChI=1S/C10H15N5O/c1-3-7(11)5-8-13-10-12-6(2)4-9(16)15(10)14-8/h4,7H,3,5,11H2,1-2H3,(H,12,13,14). The summed E-state index contributed by atoms with van der Waals surface area (Å²) in [6.45, 7) is 3.79. The van der Waals surface area contributed by atoms with Crippen LogP contribution in [0.2, 0.25) is 0 Å². The summed E-state index contributed by atoms with van der Waals surface area (Å²) in [7, 11) is 0. The van der Waals surface area contributed by atoms with Gasteiger partial charge in [-0.05, 0) is 13.3 Å². The van der Waals surface area contributed by atoms with Gasteiger partial charge in [0.25, 0.3) is 11.3 Å². The van der Waals surface area contributed by atoms with Crippen molar-refractivity contribution in [2.45, 2.75) is 32.7 Å². The molecule has 0 aliphatic carbocycles. The third kappa shape index (κ3) is 1.96. The summed E-state index contributed by atoms with van der Waals surface area (Å²) in [5.74, 6) is 1.10. The number of nitrogens with zero attached hydrogens (tertiary/aromatic N) is 3. The molecule has 0 aliphatic heterocycles. The van der Waals surface area contributed by atoms with Crippen LogP contribution < -0.4 is 11.3 Å². The smallest absolute Gasteiger partial charge is 0.274 e. The lowest BCUT2D eigenvalue weighted by molar-refractivity contribution is 0.623. The second-order valence-electron chi connectivity index (χ2n) is 3.91. The fraction of sp³-hybridized carbons (Fsp3) is 0.500. The summed E-state index contributed by atoms with van der Waals surface area (Å²) in [4.78, 5) is 20.0. The first-order valence-corrected chi connectivity index (χ1v) is 5.31. The van der Waals surface area contributed by atoms with Crippen molar-refractivity contribution in [3.63, 3.8) is 0 Å². The van der Waals surface area contributed by atoms with Gasteiger partial charge < -0.3 is 5.73 Å². The van der Waals surface area contributed by atoms with Crippen molar-refractivity contribution in [2.24, 2.45) is 5.73 Å². The van der Waals surface area contributed by atoms with E-state index in [4.69, 9.17) is 5.73 Å². The van der Waals surface area contributed by atoms with Crippen molar-refractivity contribution in [1.82, 2.24) is 19.6 Å². The van der Waals surface area contributed by atoms with Gasteiger partial charge in [0.2, 0.25) is 0 Å². The third-order valence-electron chi connectivity index (χ3n) is 2.48. The molecule has 0 aliphatic rings. The molecule has 0 saturated carbocycles. The molecule has 1 atom stereocenters. The van der Waals surface area contributed by atoms with Gasteiger partial charge in [0.05, 0.1) is 0 Å². The number of rotatable bonds is 3. The Morgan fingerprint density at radius 2 is 2.31 bits per heavy atom. The van der Waals surface area contributed by atoms with Crippen LogP contribution in [0.15, 0.2) is 10.9 Å². The quantitative estimate of drug-likeness (QED) is 0.763. The Bertz CT molecular complexity index is 556. The molecule has 2 aromatic rings. The zero-order valence-corrected chi connectivity index (χ0v) is 9.40. The predicted octanol–water partition coefficient (Wildman–Crippen LogP) is 0.00582. The van der Waals surface area contributed by atoms with Crippen molar-refractivity contribution < 1.29 is 0 Å². The minimum Gasteiger partial charge on any atom is -0.327 e. The number of nitrogens with one attached hydrogen (secondary N) is 1. The Labute approximate surface area is 92.5 Å². The molecule has 16 heavy (non-hydrogen) atoms. The van der Waals surface area contributed by atoms with E-state index in [-0.39, 0.29) is 11.6 Å². The number of hydrogen-bond acceptors (Lipinski definition) is 4. The van der Waals surface area contributed by atoms with Gasteiger partial charge in [0.1, 0.15) is 5.82 Å². The van der Waals surface area contributed by atoms with Crippen LogP contribution >= 0.6 is 0 Å². The normalized spacial score (nSPS) is 13.2. The van der Waals surface area contributed by atoms with E-state index >= 15 is 0 Å². The average molecular weight is 221 g/mol. The number of H-pyrrole nitrogens is 1. The highest BCUT2D eigenvalue weighted by atomic mass is 16.1. The fourth-order valence-electron chi connectivity index (χ4n) is 1.52. The van der Waals surface area contributed by atoms with Crippen LogP contribution in [0, 0.1) is 6.92 Å². The average Bonchev–Trinajstić information content (AvgIpc) is 2.60. The van der Waals surface area contributed by atoms with Gasteiger partial charge in [0, 0.05) is 24.2 Å². The number of hydrogen-bond donors (Lipinski definition) is 2. The van der Waals surface area contributed by atoms with Crippen LogP contribution in [-0.4, -0.2) is 25.6 Å². The molecule has 0 bridgehead atoms. The molecular formula is C10H15N5O. The Hall–Kier alpha value is -1.69. The lowest BCUT2D eigenvalue weighted by atomic mass is 10.2. The first kappa shape index (κ1) is 10.8. The van der Waals surface area contributed by atoms with Crippen molar-refractivity contribution in [3.8, 4) is 0 Å². The largest absolute Gasteiger partial charge is 0.327 e. The second kappa shape index (κ2) is 4.05. The lowest BCUT2D eigenvalue weighted by Crippen LogP contribution is -2.22. The fourth-order valence-corrected chi connectivity index (χ4v) is 1.52. The molecule has 6 heteroatoms. The summed E-state index contributed by atoms with van der Waals surface area (Å²) in [5, 5.41) is 2.91. The van der Waals surface area contributed by atoms with E-state index in [1.165, 1.54) is 10.6 Å². The number of fused-ring (bicyclic) bond motifs is 1. The number of aromatic nitrogens is 4. The molecule has 2 heterocycles. The molecule has 2 aromatic heterocycles. The molecule has 1 unspecified atom stereocenters. The minimum absolute atomic E-state index is 0.0531. The molecule has 0 radical (unpaired) electrons. The molecule has 0 amide bonds. The van der Waals surface area contributed by atoms with Crippen molar-refractivity contribution in [1.29, 1.82) is 0 Å². The summed E-state index contributed by atoms with van der Waals surface area (Å²) < 4.78 is 1.34. The molecule has 0 spiro atoms. The molecular weight excluding hydrogens is 206 g/mol. The number of aryl methyl sites for hydroxylation is 1. The molecule has 0 fully saturated rings. The minimum atomic E-state index is -0.147. The maximum Gasteiger partial charge on any atom is 0.274 e. The van der Waals surface area contributed by atoms with Gasteiger partial charge in [-0.3, -0.25) is 9.89 Å². The molecule has 3 N–H and O–H groups in total. The van der Waals surface area contributed by atoms with E-state index in [1.807, 2.05) is 6.92 Å². The van der Waals surface area contributed by atoms with Crippen LogP contribution in [0.3, 0.4) is 0 Å². The Morgan fingerprint density at radius 1 is 1.56 bits per heavy atom. The summed E-state index contributed by atoms with van der Waals surface area (Å²) >= 11 is 0. The molecule has 2 rings (SSSR count). The van der Waals surface area contributed by atoms with Crippen LogP contribution in [-0.2, 0) is 6.42 Å². The van der Waals surface area contributed by atoms with Crippen LogP contribution in [0.5, 0.6) is 0 Å². The third-order valence-corrected chi connectivity index (χ3v) is 2.48. The van der Waals surface area contributed by atoms with Crippen molar-refractivity contribution in [3.05, 3.63) is 27.9 Å². The SMILES string of the molecule is CCC(N)Cc1nc2nc(C)cc(=O)n2[nH]1. The monoisotopic (exact) mass is 221 g/mol. The number of aromatic amines is 1. The van der Waals surface area contributed by atoms with Crippen LogP contribution in [0.25, 0.3) is 5.78 Å². The van der Waals surface area contributed by atoms with Gasteiger partial charge in [-0.25, -0.2) is 4.98 Å². The van der Waals surface area contributed by atoms with E-state index < -0.39 is 0 Å². The maximum atomic E-state index is 11.6. The summed E-state index contributed by atoms with van der Waals surface area (Å²) in [6.07, 6.45) is 1.50. The first-order chi connectivity index (χ1) is 7.60. The van der Waals surface area contributed by atoms with Gasteiger partial charge >= 0.3 is 0 Å². The van der Waals surface area contributed by atoms with Crippen molar-refractivity contribution in [2.75, 3.05) is 0 Å². The summed E-state index contributed by atoms with van der Waals surface area (Å²) in [5.41, 5.74) is 6.35. The van der Waals surface area contributed by atoms with Crippen LogP contribution in [0.4, 0.5) is 0 Å². The highest BCUT2D eigenvalue weighted by Gasteiger charge is 2.08. The van der Waals surface area contributed by atoms with Gasteiger partial charge in [0.15, 0.2) is 0 Å². The molecule has 6 nitrogen and oxygen atoms in total. The lowest BCUT2D eigenvalue weighted by Gasteiger charge is -2.03. The predicted molar refractivity (Wildman–Crippen MR) is 60.3 cm³/mol. The molecule has 0 aromatic carbocycles. The number of nitrogens with two attached hydrogens (primary N) is 1. The second-order valence-corrected chi connectivity index (χ2v) is 3.91. The van der Waals surface area contributed by atoms with Gasteiger partial charge in [-0.1, -0.05) is 6.92 Å². The van der Waals surface area contributed by atoms with E-state index in [9.17, 15) is 4.79 Å². The van der Waals surface area contributed by atoms with Gasteiger partial charge in [-0.15, -0.1) is 0 Å². The van der Waals surface area contributed by atoms with Crippen molar-refractivity contribution >= 4 is 5.78 Å². The highest BCUT2D eigenvalue weighted by molar-refractivity contribution is 5.27. The zero-order valence-electron chi connectivity index (χ0n) is 9.40. The Balaban J connectivity index is 2.44. The van der Waals surface area contributed by atoms with E-state index in [2.05, 4.69) is 15.1 Å². The molecule has 86 valence electrons. The maximum absolute atomic E-state index is 11.6. The van der Waals surface area contributed by atoms with Gasteiger partial charge in [-0.2, -0.15) is 9.50 Å². The zero-order chi connectivity index (χ0) is 11.7. The van der Waals surface area contributed by atoms with E-state index in [1.54, 1.807) is 6.92 Å². The Morgan fingerprint density at radius 3 is 3.00 bits per heavy atom. The summed E-state index contributed by atoms with van der Waals surface area (Å²) in [6, 6.07) is 1.52. The van der Waals surface area contributed by atoms with Crippen LogP contribution in [0.1, 0.15) is 24.9 Å². The topological polar surface area (TPSA) is 89.1 Å². The van der Waals surface area contributed by atoms with E-state index in [0.29, 0.717) is 23.7 Å². The van der Waals surface area contributed by atoms with E-state index in [0.717, 1.165) is 6.42 Å².